The molecule has 0 radical (unpaired) electrons. The lowest BCUT2D eigenvalue weighted by Gasteiger charge is -2.10. The maximum atomic E-state index is 12.6. The lowest BCUT2D eigenvalue weighted by molar-refractivity contribution is 0.596. The number of hydrogen-bond donors (Lipinski definition) is 0. The van der Waals surface area contributed by atoms with E-state index in [-0.39, 0.29) is 21.2 Å². The van der Waals surface area contributed by atoms with Crippen LogP contribution in [0.1, 0.15) is 13.3 Å². The van der Waals surface area contributed by atoms with Gasteiger partial charge >= 0.3 is 0 Å². The zero-order chi connectivity index (χ0) is 20.2. The van der Waals surface area contributed by atoms with Crippen LogP contribution in [0.3, 0.4) is 0 Å². The van der Waals surface area contributed by atoms with Crippen molar-refractivity contribution in [2.45, 2.75) is 23.1 Å². The molecule has 0 fully saturated rings. The fraction of sp³-hybridized carbons (Fsp3) is 0.100. The fourth-order valence-corrected chi connectivity index (χ4v) is 4.52. The highest BCUT2D eigenvalue weighted by molar-refractivity contribution is 7.91. The zero-order valence-corrected chi connectivity index (χ0v) is 16.7. The number of hydrogen-bond acceptors (Lipinski definition) is 4. The summed E-state index contributed by atoms with van der Waals surface area (Å²) in [6, 6.07) is 15.5. The maximum Gasteiger partial charge on any atom is 0.282 e. The molecule has 0 atom stereocenters. The standard InChI is InChI=1S/C20H18N2O4S2/c1-2-16-13-14-19(21-27(23,24)17-9-5-3-6-10-17)20(15-16)22-28(25,26)18-11-7-4-8-12-18/h3-15H,2H2,1H3. The summed E-state index contributed by atoms with van der Waals surface area (Å²) in [5.41, 5.74) is 0.779. The summed E-state index contributed by atoms with van der Waals surface area (Å²) in [5, 5.41) is 0. The predicted octanol–water partition coefficient (Wildman–Crippen LogP) is 3.55. The fourth-order valence-electron chi connectivity index (χ4n) is 2.49. The highest BCUT2D eigenvalue weighted by atomic mass is 32.2. The molecule has 0 spiro atoms. The van der Waals surface area contributed by atoms with Crippen molar-refractivity contribution in [1.29, 1.82) is 0 Å². The average molecular weight is 415 g/mol. The van der Waals surface area contributed by atoms with Crippen LogP contribution in [0.2, 0.25) is 0 Å². The first-order chi connectivity index (χ1) is 13.3. The summed E-state index contributed by atoms with van der Waals surface area (Å²) in [4.78, 5) is 0.0419. The Morgan fingerprint density at radius 1 is 0.679 bits per heavy atom. The number of nitrogens with zero attached hydrogens (tertiary/aromatic N) is 2. The molecule has 0 aliphatic heterocycles. The van der Waals surface area contributed by atoms with Crippen molar-refractivity contribution in [3.8, 4) is 0 Å². The minimum Gasteiger partial charge on any atom is -0.199 e. The second-order valence-corrected chi connectivity index (χ2v) is 9.14. The molecule has 0 heterocycles. The third-order valence-electron chi connectivity index (χ3n) is 3.97. The summed E-state index contributed by atoms with van der Waals surface area (Å²) >= 11 is 0. The zero-order valence-electron chi connectivity index (χ0n) is 15.1. The molecular weight excluding hydrogens is 396 g/mol. The van der Waals surface area contributed by atoms with Crippen LogP contribution in [-0.4, -0.2) is 28.3 Å². The molecule has 0 N–H and O–H groups in total. The molecule has 0 bridgehead atoms. The number of allylic oxidation sites excluding steroid dienone is 4. The Morgan fingerprint density at radius 2 is 1.14 bits per heavy atom. The topological polar surface area (TPSA) is 93.0 Å². The van der Waals surface area contributed by atoms with Gasteiger partial charge in [0, 0.05) is 0 Å². The van der Waals surface area contributed by atoms with Gasteiger partial charge in [-0.3, -0.25) is 0 Å². The minimum absolute atomic E-state index is 0.0114. The highest BCUT2D eigenvalue weighted by Gasteiger charge is 2.20. The van der Waals surface area contributed by atoms with Gasteiger partial charge in [0.15, 0.2) is 0 Å². The van der Waals surface area contributed by atoms with E-state index in [2.05, 4.69) is 8.80 Å². The molecule has 1 aliphatic rings. The molecule has 28 heavy (non-hydrogen) atoms. The number of rotatable bonds is 5. The molecule has 0 saturated heterocycles. The van der Waals surface area contributed by atoms with E-state index in [1.807, 2.05) is 6.92 Å². The van der Waals surface area contributed by atoms with Gasteiger partial charge in [0.05, 0.1) is 9.79 Å². The van der Waals surface area contributed by atoms with Crippen molar-refractivity contribution in [3.63, 3.8) is 0 Å². The summed E-state index contributed by atoms with van der Waals surface area (Å²) < 4.78 is 58.1. The molecule has 2 aromatic carbocycles. The first kappa shape index (κ1) is 19.9. The Morgan fingerprint density at radius 3 is 1.61 bits per heavy atom. The number of benzene rings is 2. The Kier molecular flexibility index (Phi) is 5.71. The van der Waals surface area contributed by atoms with E-state index in [1.165, 1.54) is 30.3 Å². The quantitative estimate of drug-likeness (QED) is 0.699. The van der Waals surface area contributed by atoms with Crippen LogP contribution in [0, 0.1) is 0 Å². The SMILES string of the molecule is CCC1=CC(=NS(=O)(=O)c2ccccc2)C(=NS(=O)(=O)c2ccccc2)C=C1. The Labute approximate surface area is 164 Å². The molecule has 0 amide bonds. The van der Waals surface area contributed by atoms with E-state index in [4.69, 9.17) is 0 Å². The van der Waals surface area contributed by atoms with E-state index in [9.17, 15) is 16.8 Å². The van der Waals surface area contributed by atoms with Crippen molar-refractivity contribution in [3.05, 3.63) is 84.5 Å². The normalized spacial score (nSPS) is 17.7. The summed E-state index contributed by atoms with van der Waals surface area (Å²) in [6.45, 7) is 1.91. The summed E-state index contributed by atoms with van der Waals surface area (Å²) in [7, 11) is -8.02. The molecule has 0 saturated carbocycles. The highest BCUT2D eigenvalue weighted by Crippen LogP contribution is 2.18. The third kappa shape index (κ3) is 4.52. The van der Waals surface area contributed by atoms with Crippen LogP contribution < -0.4 is 0 Å². The average Bonchev–Trinajstić information content (AvgIpc) is 2.70. The lowest BCUT2D eigenvalue weighted by Crippen LogP contribution is -2.18. The van der Waals surface area contributed by atoms with E-state index < -0.39 is 20.0 Å². The van der Waals surface area contributed by atoms with E-state index in [0.29, 0.717) is 6.42 Å². The minimum atomic E-state index is -4.01. The van der Waals surface area contributed by atoms with Crippen molar-refractivity contribution in [2.75, 3.05) is 0 Å². The van der Waals surface area contributed by atoms with Crippen LogP contribution >= 0.6 is 0 Å². The Hall–Kier alpha value is -2.84. The largest absolute Gasteiger partial charge is 0.282 e. The van der Waals surface area contributed by atoms with Gasteiger partial charge in [-0.25, -0.2) is 0 Å². The second kappa shape index (κ2) is 8.04. The van der Waals surface area contributed by atoms with Crippen LogP contribution in [0.4, 0.5) is 0 Å². The molecule has 3 rings (SSSR count). The second-order valence-electron chi connectivity index (χ2n) is 5.94. The van der Waals surface area contributed by atoms with Crippen LogP contribution in [-0.2, 0) is 20.0 Å². The van der Waals surface area contributed by atoms with Crippen molar-refractivity contribution < 1.29 is 16.8 Å². The monoisotopic (exact) mass is 414 g/mol. The molecule has 8 heteroatoms. The molecular formula is C20H18N2O4S2. The van der Waals surface area contributed by atoms with Gasteiger partial charge in [0.1, 0.15) is 11.4 Å². The van der Waals surface area contributed by atoms with Crippen molar-refractivity contribution >= 4 is 31.5 Å². The Balaban J connectivity index is 2.11. The molecule has 144 valence electrons. The van der Waals surface area contributed by atoms with Gasteiger partial charge in [0.2, 0.25) is 0 Å². The third-order valence-corrected chi connectivity index (χ3v) is 6.58. The number of sulfonamides is 2. The molecule has 0 aromatic heterocycles. The molecule has 0 unspecified atom stereocenters. The van der Waals surface area contributed by atoms with Crippen LogP contribution in [0.5, 0.6) is 0 Å². The molecule has 1 aliphatic carbocycles. The predicted molar refractivity (Wildman–Crippen MR) is 110 cm³/mol. The first-order valence-electron chi connectivity index (χ1n) is 8.51. The summed E-state index contributed by atoms with van der Waals surface area (Å²) in [5.74, 6) is 0. The molecule has 6 nitrogen and oxygen atoms in total. The van der Waals surface area contributed by atoms with Gasteiger partial charge in [-0.1, -0.05) is 49.4 Å². The van der Waals surface area contributed by atoms with Crippen LogP contribution in [0.15, 0.2) is 103 Å². The van der Waals surface area contributed by atoms with Gasteiger partial charge < -0.3 is 0 Å². The first-order valence-corrected chi connectivity index (χ1v) is 11.4. The van der Waals surface area contributed by atoms with Crippen molar-refractivity contribution in [2.24, 2.45) is 8.80 Å². The van der Waals surface area contributed by atoms with E-state index in [1.54, 1.807) is 48.6 Å². The maximum absolute atomic E-state index is 12.6. The Bertz CT molecular complexity index is 1190. The van der Waals surface area contributed by atoms with Gasteiger partial charge in [-0.15, -0.1) is 0 Å². The van der Waals surface area contributed by atoms with E-state index >= 15 is 0 Å². The van der Waals surface area contributed by atoms with Crippen LogP contribution in [0.25, 0.3) is 0 Å². The lowest BCUT2D eigenvalue weighted by atomic mass is 10.0. The van der Waals surface area contributed by atoms with Gasteiger partial charge in [0.25, 0.3) is 20.0 Å². The van der Waals surface area contributed by atoms with Crippen molar-refractivity contribution in [1.82, 2.24) is 0 Å². The van der Waals surface area contributed by atoms with Gasteiger partial charge in [-0.05, 0) is 48.4 Å². The van der Waals surface area contributed by atoms with Gasteiger partial charge in [-0.2, -0.15) is 25.6 Å². The summed E-state index contributed by atoms with van der Waals surface area (Å²) in [6.07, 6.45) is 5.35. The smallest absolute Gasteiger partial charge is 0.199 e. The molecule has 2 aromatic rings. The van der Waals surface area contributed by atoms with E-state index in [0.717, 1.165) is 5.57 Å².